The topological polar surface area (TPSA) is 20.3 Å². The van der Waals surface area contributed by atoms with Crippen LogP contribution in [0.3, 0.4) is 0 Å². The van der Waals surface area contributed by atoms with E-state index in [0.717, 1.165) is 12.8 Å². The van der Waals surface area contributed by atoms with Gasteiger partial charge in [0.25, 0.3) is 0 Å². The maximum absolute atomic E-state index is 13.3. The minimum atomic E-state index is 0.0944. The Morgan fingerprint density at radius 2 is 1.26 bits per heavy atom. The van der Waals surface area contributed by atoms with Crippen LogP contribution in [0.15, 0.2) is 91.0 Å². The summed E-state index contributed by atoms with van der Waals surface area (Å²) in [5, 5.41) is 0. The lowest BCUT2D eigenvalue weighted by Gasteiger charge is -2.26. The van der Waals surface area contributed by atoms with E-state index in [1.54, 1.807) is 0 Å². The Balaban J connectivity index is 1.57. The van der Waals surface area contributed by atoms with Crippen LogP contribution < -0.4 is 0 Å². The number of hydrogen-bond acceptors (Lipinski definition) is 1. The Morgan fingerprint density at radius 1 is 0.778 bits per heavy atom. The van der Waals surface area contributed by atoms with Crippen molar-refractivity contribution in [3.63, 3.8) is 0 Å². The molecule has 0 unspecified atom stereocenters. The molecular formula is C25H25NO. The van der Waals surface area contributed by atoms with Crippen molar-refractivity contribution in [2.75, 3.05) is 0 Å². The minimum absolute atomic E-state index is 0.0944. The average molecular weight is 355 g/mol. The lowest BCUT2D eigenvalue weighted by atomic mass is 9.88. The molecule has 1 aliphatic carbocycles. The molecule has 4 rings (SSSR count). The summed E-state index contributed by atoms with van der Waals surface area (Å²) >= 11 is 0. The van der Waals surface area contributed by atoms with Crippen molar-refractivity contribution >= 4 is 5.91 Å². The van der Waals surface area contributed by atoms with Crippen LogP contribution in [0, 0.1) is 0 Å². The van der Waals surface area contributed by atoms with Crippen LogP contribution in [0.25, 0.3) is 0 Å². The first kappa shape index (κ1) is 17.5. The molecular weight excluding hydrogens is 330 g/mol. The van der Waals surface area contributed by atoms with Crippen LogP contribution in [0.5, 0.6) is 0 Å². The summed E-state index contributed by atoms with van der Waals surface area (Å²) in [6.07, 6.45) is 2.76. The predicted molar refractivity (Wildman–Crippen MR) is 109 cm³/mol. The first-order valence-corrected chi connectivity index (χ1v) is 9.74. The van der Waals surface area contributed by atoms with Crippen molar-refractivity contribution in [2.45, 2.75) is 37.8 Å². The van der Waals surface area contributed by atoms with Gasteiger partial charge in [0.15, 0.2) is 0 Å². The van der Waals surface area contributed by atoms with Gasteiger partial charge in [-0.25, -0.2) is 0 Å². The molecule has 0 spiro atoms. The lowest BCUT2D eigenvalue weighted by Crippen LogP contribution is -2.33. The van der Waals surface area contributed by atoms with E-state index < -0.39 is 0 Å². The third kappa shape index (κ3) is 4.46. The fourth-order valence-corrected chi connectivity index (χ4v) is 3.68. The van der Waals surface area contributed by atoms with Gasteiger partial charge >= 0.3 is 0 Å². The van der Waals surface area contributed by atoms with E-state index in [0.29, 0.717) is 19.0 Å². The van der Waals surface area contributed by atoms with E-state index >= 15 is 0 Å². The Kier molecular flexibility index (Phi) is 5.34. The summed E-state index contributed by atoms with van der Waals surface area (Å²) in [6.45, 7) is 0.709. The van der Waals surface area contributed by atoms with E-state index in [1.165, 1.54) is 16.7 Å². The van der Waals surface area contributed by atoms with Gasteiger partial charge in [-0.3, -0.25) is 4.79 Å². The highest BCUT2D eigenvalue weighted by Crippen LogP contribution is 2.33. The van der Waals surface area contributed by atoms with Crippen LogP contribution in [-0.2, 0) is 11.3 Å². The molecule has 1 fully saturated rings. The number of rotatable bonds is 7. The smallest absolute Gasteiger partial charge is 0.224 e. The molecule has 2 heteroatoms. The summed E-state index contributed by atoms with van der Waals surface area (Å²) in [6, 6.07) is 31.5. The quantitative estimate of drug-likeness (QED) is 0.556. The van der Waals surface area contributed by atoms with E-state index in [2.05, 4.69) is 65.6 Å². The number of carbonyl (C=O) groups excluding carboxylic acids is 1. The van der Waals surface area contributed by atoms with E-state index in [9.17, 15) is 4.79 Å². The predicted octanol–water partition coefficient (Wildman–Crippen LogP) is 5.40. The van der Waals surface area contributed by atoms with Crippen molar-refractivity contribution in [3.05, 3.63) is 108 Å². The van der Waals surface area contributed by atoms with Gasteiger partial charge in [0.1, 0.15) is 0 Å². The number of nitrogens with zero attached hydrogens (tertiary/aromatic N) is 1. The van der Waals surface area contributed by atoms with E-state index in [-0.39, 0.29) is 11.8 Å². The molecule has 1 amide bonds. The van der Waals surface area contributed by atoms with Crippen molar-refractivity contribution in [1.82, 2.24) is 4.90 Å². The fourth-order valence-electron chi connectivity index (χ4n) is 3.68. The van der Waals surface area contributed by atoms with Crippen LogP contribution >= 0.6 is 0 Å². The first-order valence-electron chi connectivity index (χ1n) is 9.74. The third-order valence-corrected chi connectivity index (χ3v) is 5.29. The zero-order valence-electron chi connectivity index (χ0n) is 15.5. The Morgan fingerprint density at radius 3 is 1.74 bits per heavy atom. The number of amides is 1. The first-order chi connectivity index (χ1) is 13.3. The minimum Gasteiger partial charge on any atom is -0.335 e. The molecule has 0 N–H and O–H groups in total. The van der Waals surface area contributed by atoms with Crippen LogP contribution in [-0.4, -0.2) is 16.8 Å². The zero-order chi connectivity index (χ0) is 18.5. The van der Waals surface area contributed by atoms with E-state index in [4.69, 9.17) is 0 Å². The maximum Gasteiger partial charge on any atom is 0.224 e. The van der Waals surface area contributed by atoms with Crippen LogP contribution in [0.4, 0.5) is 0 Å². The molecule has 2 nitrogen and oxygen atoms in total. The fraction of sp³-hybridized carbons (Fsp3) is 0.240. The molecule has 136 valence electrons. The molecule has 0 heterocycles. The second kappa shape index (κ2) is 8.22. The van der Waals surface area contributed by atoms with Crippen molar-refractivity contribution in [3.8, 4) is 0 Å². The Hall–Kier alpha value is -2.87. The molecule has 1 saturated carbocycles. The molecule has 27 heavy (non-hydrogen) atoms. The highest BCUT2D eigenvalue weighted by atomic mass is 16.2. The average Bonchev–Trinajstić information content (AvgIpc) is 3.57. The zero-order valence-corrected chi connectivity index (χ0v) is 15.5. The Labute approximate surface area is 161 Å². The molecule has 0 bridgehead atoms. The molecule has 1 aliphatic rings. The number of hydrogen-bond donors (Lipinski definition) is 0. The lowest BCUT2D eigenvalue weighted by molar-refractivity contribution is -0.132. The number of carbonyl (C=O) groups is 1. The molecule has 0 saturated heterocycles. The Bertz CT molecular complexity index is 817. The second-order valence-electron chi connectivity index (χ2n) is 7.32. The molecule has 3 aromatic rings. The highest BCUT2D eigenvalue weighted by molar-refractivity contribution is 5.78. The van der Waals surface area contributed by atoms with Crippen LogP contribution in [0.1, 0.15) is 41.9 Å². The molecule has 0 aliphatic heterocycles. The van der Waals surface area contributed by atoms with Gasteiger partial charge in [-0.1, -0.05) is 91.0 Å². The van der Waals surface area contributed by atoms with Gasteiger partial charge in [-0.2, -0.15) is 0 Å². The van der Waals surface area contributed by atoms with Gasteiger partial charge in [0, 0.05) is 24.9 Å². The van der Waals surface area contributed by atoms with Crippen molar-refractivity contribution < 1.29 is 4.79 Å². The summed E-state index contributed by atoms with van der Waals surface area (Å²) in [5.41, 5.74) is 3.61. The van der Waals surface area contributed by atoms with Crippen molar-refractivity contribution in [2.24, 2.45) is 0 Å². The van der Waals surface area contributed by atoms with E-state index in [1.807, 2.05) is 30.3 Å². The maximum atomic E-state index is 13.3. The molecule has 0 aromatic heterocycles. The normalized spacial score (nSPS) is 13.5. The summed E-state index contributed by atoms with van der Waals surface area (Å²) in [5.74, 6) is 0.344. The molecule has 0 atom stereocenters. The monoisotopic (exact) mass is 355 g/mol. The van der Waals surface area contributed by atoms with Gasteiger partial charge in [-0.15, -0.1) is 0 Å². The van der Waals surface area contributed by atoms with Crippen molar-refractivity contribution in [1.29, 1.82) is 0 Å². The molecule has 3 aromatic carbocycles. The van der Waals surface area contributed by atoms with Gasteiger partial charge in [-0.05, 0) is 29.5 Å². The van der Waals surface area contributed by atoms with Gasteiger partial charge < -0.3 is 4.90 Å². The highest BCUT2D eigenvalue weighted by Gasteiger charge is 2.33. The summed E-state index contributed by atoms with van der Waals surface area (Å²) in [7, 11) is 0. The molecule has 0 radical (unpaired) electrons. The summed E-state index contributed by atoms with van der Waals surface area (Å²) in [4.78, 5) is 15.4. The number of benzene rings is 3. The SMILES string of the molecule is O=C(CC(c1ccccc1)c1ccccc1)N(Cc1ccccc1)C1CC1. The third-order valence-electron chi connectivity index (χ3n) is 5.29. The standard InChI is InChI=1S/C25H25NO/c27-25(26(23-16-17-23)19-20-10-4-1-5-11-20)18-24(21-12-6-2-7-13-21)22-14-8-3-9-15-22/h1-15,23-24H,16-19H2. The summed E-state index contributed by atoms with van der Waals surface area (Å²) < 4.78 is 0. The largest absolute Gasteiger partial charge is 0.335 e. The second-order valence-corrected chi connectivity index (χ2v) is 7.32. The van der Waals surface area contributed by atoms with Gasteiger partial charge in [0.2, 0.25) is 5.91 Å². The van der Waals surface area contributed by atoms with Crippen LogP contribution in [0.2, 0.25) is 0 Å². The van der Waals surface area contributed by atoms with Gasteiger partial charge in [0.05, 0.1) is 0 Å².